The molecule has 0 aromatic heterocycles. The zero-order valence-electron chi connectivity index (χ0n) is 19.8. The molecule has 1 aliphatic heterocycles. The Bertz CT molecular complexity index is 1280. The summed E-state index contributed by atoms with van der Waals surface area (Å²) in [6.07, 6.45) is 0. The first-order valence-electron chi connectivity index (χ1n) is 11.5. The largest absolute Gasteiger partial charge is 0.497 e. The molecule has 4 nitrogen and oxygen atoms in total. The van der Waals surface area contributed by atoms with E-state index in [1.165, 1.54) is 0 Å². The van der Waals surface area contributed by atoms with E-state index in [9.17, 15) is 4.79 Å². The van der Waals surface area contributed by atoms with Crippen LogP contribution in [0.5, 0.6) is 11.5 Å². The number of benzene rings is 4. The molecule has 1 fully saturated rings. The molecule has 2 atom stereocenters. The Morgan fingerprint density at radius 2 is 1.29 bits per heavy atom. The average Bonchev–Trinajstić information content (AvgIpc) is 2.93. The SMILES string of the molecule is COc1ccc([C@H]2N(Cc3ccccc3)C(=O)[C@@]2(Sc2ccccc2)c2ccc(OC)cc2)cc1. The molecule has 0 unspecified atom stereocenters. The van der Waals surface area contributed by atoms with Gasteiger partial charge in [0.15, 0.2) is 0 Å². The summed E-state index contributed by atoms with van der Waals surface area (Å²) in [5.74, 6) is 1.66. The lowest BCUT2D eigenvalue weighted by molar-refractivity contribution is -0.154. The first kappa shape index (κ1) is 23.1. The van der Waals surface area contributed by atoms with Crippen LogP contribution >= 0.6 is 11.8 Å². The van der Waals surface area contributed by atoms with Crippen LogP contribution in [0.25, 0.3) is 0 Å². The van der Waals surface area contributed by atoms with Crippen molar-refractivity contribution in [1.29, 1.82) is 0 Å². The van der Waals surface area contributed by atoms with Gasteiger partial charge in [-0.3, -0.25) is 4.79 Å². The summed E-state index contributed by atoms with van der Waals surface area (Å²) in [5, 5.41) is 0. The molecule has 0 saturated carbocycles. The molecule has 4 aromatic carbocycles. The van der Waals surface area contributed by atoms with Crippen LogP contribution in [-0.4, -0.2) is 25.0 Å². The number of hydrogen-bond acceptors (Lipinski definition) is 4. The molecule has 0 bridgehead atoms. The molecular weight excluding hydrogens is 454 g/mol. The molecule has 5 rings (SSSR count). The number of ether oxygens (including phenoxy) is 2. The Morgan fingerprint density at radius 3 is 1.86 bits per heavy atom. The van der Waals surface area contributed by atoms with Crippen LogP contribution in [0.1, 0.15) is 22.7 Å². The third kappa shape index (κ3) is 4.28. The van der Waals surface area contributed by atoms with E-state index in [0.29, 0.717) is 6.54 Å². The molecule has 0 spiro atoms. The predicted octanol–water partition coefficient (Wildman–Crippen LogP) is 6.48. The molecule has 0 aliphatic carbocycles. The van der Waals surface area contributed by atoms with Gasteiger partial charge in [-0.15, -0.1) is 11.8 Å². The standard InChI is InChI=1S/C30H27NO3S/c1-33-25-17-13-23(14-18-25)28-30(35-27-11-7-4-8-12-27,24-15-19-26(34-2)20-16-24)29(32)31(28)21-22-9-5-3-6-10-22/h3-20,28H,21H2,1-2H3/t28-,30-/m1/s1. The fourth-order valence-electron chi connectivity index (χ4n) is 4.70. The Hall–Kier alpha value is -3.70. The topological polar surface area (TPSA) is 38.8 Å². The number of amides is 1. The van der Waals surface area contributed by atoms with Crippen molar-refractivity contribution in [2.24, 2.45) is 0 Å². The summed E-state index contributed by atoms with van der Waals surface area (Å²) >= 11 is 1.62. The fourth-order valence-corrected chi connectivity index (χ4v) is 6.20. The van der Waals surface area contributed by atoms with Crippen LogP contribution in [0.4, 0.5) is 0 Å². The number of carbonyl (C=O) groups is 1. The maximum Gasteiger partial charge on any atom is 0.247 e. The number of β-lactam (4-membered cyclic amide) rings is 1. The number of rotatable bonds is 8. The summed E-state index contributed by atoms with van der Waals surface area (Å²) in [7, 11) is 3.32. The van der Waals surface area contributed by atoms with E-state index in [1.807, 2.05) is 77.7 Å². The molecule has 0 radical (unpaired) electrons. The second-order valence-electron chi connectivity index (χ2n) is 8.47. The van der Waals surface area contributed by atoms with Gasteiger partial charge in [0.25, 0.3) is 0 Å². The van der Waals surface area contributed by atoms with Gasteiger partial charge in [0.2, 0.25) is 5.91 Å². The Morgan fingerprint density at radius 1 is 0.743 bits per heavy atom. The normalized spacial score (nSPS) is 19.2. The van der Waals surface area contributed by atoms with Crippen molar-refractivity contribution in [3.8, 4) is 11.5 Å². The molecule has 5 heteroatoms. The van der Waals surface area contributed by atoms with Gasteiger partial charge in [0, 0.05) is 11.4 Å². The molecule has 1 aliphatic rings. The first-order chi connectivity index (χ1) is 17.2. The highest BCUT2D eigenvalue weighted by atomic mass is 32.2. The summed E-state index contributed by atoms with van der Waals surface area (Å²) in [6, 6.07) is 36.1. The smallest absolute Gasteiger partial charge is 0.247 e. The minimum atomic E-state index is -0.809. The molecule has 1 saturated heterocycles. The summed E-state index contributed by atoms with van der Waals surface area (Å²) in [4.78, 5) is 17.2. The van der Waals surface area contributed by atoms with Crippen molar-refractivity contribution < 1.29 is 14.3 Å². The summed E-state index contributed by atoms with van der Waals surface area (Å²) < 4.78 is 9.99. The highest BCUT2D eigenvalue weighted by Gasteiger charge is 2.62. The predicted molar refractivity (Wildman–Crippen MR) is 140 cm³/mol. The van der Waals surface area contributed by atoms with Gasteiger partial charge in [-0.1, -0.05) is 72.8 Å². The zero-order valence-corrected chi connectivity index (χ0v) is 20.6. The Labute approximate surface area is 210 Å². The lowest BCUT2D eigenvalue weighted by Crippen LogP contribution is -2.63. The van der Waals surface area contributed by atoms with Crippen molar-refractivity contribution in [3.63, 3.8) is 0 Å². The van der Waals surface area contributed by atoms with Crippen LogP contribution in [0, 0.1) is 0 Å². The summed E-state index contributed by atoms with van der Waals surface area (Å²) in [6.45, 7) is 0.545. The Kier molecular flexibility index (Phi) is 6.51. The first-order valence-corrected chi connectivity index (χ1v) is 12.3. The minimum absolute atomic E-state index is 0.0983. The molecule has 1 heterocycles. The van der Waals surface area contributed by atoms with Crippen molar-refractivity contribution in [3.05, 3.63) is 126 Å². The van der Waals surface area contributed by atoms with Gasteiger partial charge in [-0.25, -0.2) is 0 Å². The molecule has 35 heavy (non-hydrogen) atoms. The minimum Gasteiger partial charge on any atom is -0.497 e. The number of nitrogens with zero attached hydrogens (tertiary/aromatic N) is 1. The average molecular weight is 482 g/mol. The van der Waals surface area contributed by atoms with E-state index < -0.39 is 4.75 Å². The Balaban J connectivity index is 1.64. The third-order valence-electron chi connectivity index (χ3n) is 6.44. The molecular formula is C30H27NO3S. The summed E-state index contributed by atoms with van der Waals surface area (Å²) in [5.41, 5.74) is 3.13. The maximum absolute atomic E-state index is 14.2. The van der Waals surface area contributed by atoms with Crippen LogP contribution in [-0.2, 0) is 16.1 Å². The molecule has 0 N–H and O–H groups in total. The highest BCUT2D eigenvalue weighted by molar-refractivity contribution is 8.01. The van der Waals surface area contributed by atoms with Gasteiger partial charge in [0.1, 0.15) is 16.2 Å². The van der Waals surface area contributed by atoms with Crippen LogP contribution in [0.3, 0.4) is 0 Å². The third-order valence-corrected chi connectivity index (χ3v) is 7.91. The van der Waals surface area contributed by atoms with Crippen molar-refractivity contribution >= 4 is 17.7 Å². The number of carbonyl (C=O) groups excluding carboxylic acids is 1. The van der Waals surface area contributed by atoms with E-state index in [4.69, 9.17) is 9.47 Å². The van der Waals surface area contributed by atoms with Gasteiger partial charge in [-0.05, 0) is 53.1 Å². The van der Waals surface area contributed by atoms with E-state index >= 15 is 0 Å². The number of methoxy groups -OCH3 is 2. The van der Waals surface area contributed by atoms with E-state index in [-0.39, 0.29) is 11.9 Å². The molecule has 176 valence electrons. The number of hydrogen-bond donors (Lipinski definition) is 0. The lowest BCUT2D eigenvalue weighted by atomic mass is 9.76. The van der Waals surface area contributed by atoms with Gasteiger partial charge in [-0.2, -0.15) is 0 Å². The quantitative estimate of drug-likeness (QED) is 0.270. The van der Waals surface area contributed by atoms with Crippen molar-refractivity contribution in [2.45, 2.75) is 22.2 Å². The maximum atomic E-state index is 14.2. The van der Waals surface area contributed by atoms with Gasteiger partial charge < -0.3 is 14.4 Å². The fraction of sp³-hybridized carbons (Fsp3) is 0.167. The molecule has 1 amide bonds. The monoisotopic (exact) mass is 481 g/mol. The van der Waals surface area contributed by atoms with E-state index in [0.717, 1.165) is 33.1 Å². The van der Waals surface area contributed by atoms with Crippen molar-refractivity contribution in [1.82, 2.24) is 4.90 Å². The van der Waals surface area contributed by atoms with Gasteiger partial charge >= 0.3 is 0 Å². The zero-order chi connectivity index (χ0) is 24.3. The van der Waals surface area contributed by atoms with E-state index in [1.54, 1.807) is 26.0 Å². The highest BCUT2D eigenvalue weighted by Crippen LogP contribution is 2.61. The van der Waals surface area contributed by atoms with E-state index in [2.05, 4.69) is 36.4 Å². The number of likely N-dealkylation sites (tertiary alicyclic amines) is 1. The molecule has 4 aromatic rings. The van der Waals surface area contributed by atoms with Crippen LogP contribution in [0.2, 0.25) is 0 Å². The van der Waals surface area contributed by atoms with Crippen molar-refractivity contribution in [2.75, 3.05) is 14.2 Å². The number of thioether (sulfide) groups is 1. The van der Waals surface area contributed by atoms with Gasteiger partial charge in [0.05, 0.1) is 20.3 Å². The second kappa shape index (κ2) is 9.88. The second-order valence-corrected chi connectivity index (χ2v) is 9.79. The van der Waals surface area contributed by atoms with Crippen LogP contribution in [0.15, 0.2) is 114 Å². The van der Waals surface area contributed by atoms with Crippen LogP contribution < -0.4 is 9.47 Å². The lowest BCUT2D eigenvalue weighted by Gasteiger charge is -2.56.